The van der Waals surface area contributed by atoms with Gasteiger partial charge in [0, 0.05) is 19.1 Å². The van der Waals surface area contributed by atoms with E-state index in [-0.39, 0.29) is 28.4 Å². The fraction of sp³-hybridized carbons (Fsp3) is 0.308. The first-order chi connectivity index (χ1) is 11.9. The van der Waals surface area contributed by atoms with Crippen LogP contribution in [0.1, 0.15) is 19.8 Å². The van der Waals surface area contributed by atoms with Crippen LogP contribution in [0.25, 0.3) is 0 Å². The average Bonchev–Trinajstić information content (AvgIpc) is 3.01. The van der Waals surface area contributed by atoms with E-state index in [2.05, 4.69) is 25.8 Å². The first kappa shape index (κ1) is 18.7. The highest BCUT2D eigenvalue weighted by Gasteiger charge is 2.13. The number of carbonyl (C=O) groups excluding carboxylic acids is 2. The van der Waals surface area contributed by atoms with Gasteiger partial charge in [-0.2, -0.15) is 0 Å². The zero-order valence-electron chi connectivity index (χ0n) is 13.1. The van der Waals surface area contributed by atoms with Crippen molar-refractivity contribution < 1.29 is 14.5 Å². The Morgan fingerprint density at radius 2 is 2.12 bits per heavy atom. The first-order valence-corrected chi connectivity index (χ1v) is 8.88. The highest BCUT2D eigenvalue weighted by atomic mass is 32.2. The summed E-state index contributed by atoms with van der Waals surface area (Å²) in [7, 11) is 0. The Balaban J connectivity index is 1.68. The van der Waals surface area contributed by atoms with Crippen LogP contribution in [0.2, 0.25) is 0 Å². The van der Waals surface area contributed by atoms with Crippen LogP contribution in [-0.4, -0.2) is 37.7 Å². The van der Waals surface area contributed by atoms with Gasteiger partial charge < -0.3 is 10.6 Å². The van der Waals surface area contributed by atoms with Crippen LogP contribution in [0, 0.1) is 10.1 Å². The van der Waals surface area contributed by atoms with E-state index in [0.717, 1.165) is 17.5 Å². The summed E-state index contributed by atoms with van der Waals surface area (Å²) in [5.74, 6) is 0.566. The fourth-order valence-electron chi connectivity index (χ4n) is 1.64. The van der Waals surface area contributed by atoms with Crippen LogP contribution < -0.4 is 10.6 Å². The van der Waals surface area contributed by atoms with Gasteiger partial charge in [0.2, 0.25) is 11.8 Å². The lowest BCUT2D eigenvalue weighted by atomic mass is 10.3. The van der Waals surface area contributed by atoms with E-state index in [4.69, 9.17) is 0 Å². The Morgan fingerprint density at radius 1 is 1.32 bits per heavy atom. The van der Waals surface area contributed by atoms with Crippen molar-refractivity contribution in [3.63, 3.8) is 0 Å². The van der Waals surface area contributed by atoms with Crippen LogP contribution in [0.4, 0.5) is 16.0 Å². The summed E-state index contributed by atoms with van der Waals surface area (Å²) in [4.78, 5) is 36.4. The Kier molecular flexibility index (Phi) is 6.77. The first-order valence-electron chi connectivity index (χ1n) is 7.08. The number of anilines is 2. The van der Waals surface area contributed by atoms with Crippen molar-refractivity contribution in [3.05, 3.63) is 28.4 Å². The quantitative estimate of drug-likeness (QED) is 0.307. The topological polar surface area (TPSA) is 140 Å². The summed E-state index contributed by atoms with van der Waals surface area (Å²) < 4.78 is 0. The molecule has 0 saturated carbocycles. The third kappa shape index (κ3) is 6.43. The molecule has 2 amide bonds. The predicted octanol–water partition coefficient (Wildman–Crippen LogP) is 2.31. The number of thiazole rings is 1. The summed E-state index contributed by atoms with van der Waals surface area (Å²) in [6.45, 7) is 1.39. The highest BCUT2D eigenvalue weighted by molar-refractivity contribution is 7.99. The summed E-state index contributed by atoms with van der Waals surface area (Å²) in [5, 5.41) is 24.2. The Bertz CT molecular complexity index is 764. The van der Waals surface area contributed by atoms with Gasteiger partial charge in [-0.3, -0.25) is 19.7 Å². The molecule has 2 rings (SSSR count). The third-order valence-electron chi connectivity index (χ3n) is 2.66. The van der Waals surface area contributed by atoms with E-state index in [0.29, 0.717) is 23.0 Å². The summed E-state index contributed by atoms with van der Waals surface area (Å²) in [6.07, 6.45) is 1.97. The van der Waals surface area contributed by atoms with Crippen molar-refractivity contribution in [3.8, 4) is 0 Å². The van der Waals surface area contributed by atoms with Crippen molar-refractivity contribution in [1.82, 2.24) is 15.2 Å². The lowest BCUT2D eigenvalue weighted by Crippen LogP contribution is -2.11. The minimum atomic E-state index is -0.553. The minimum Gasteiger partial charge on any atom is -0.309 e. The number of nitrogens with zero attached hydrogens (tertiary/aromatic N) is 4. The largest absolute Gasteiger partial charge is 0.345 e. The molecule has 0 aliphatic carbocycles. The third-order valence-corrected chi connectivity index (χ3v) is 4.53. The monoisotopic (exact) mass is 382 g/mol. The second-order valence-electron chi connectivity index (χ2n) is 4.70. The fourth-order valence-corrected chi connectivity index (χ4v) is 3.05. The van der Waals surface area contributed by atoms with Crippen molar-refractivity contribution in [2.75, 3.05) is 16.4 Å². The van der Waals surface area contributed by atoms with Gasteiger partial charge in [-0.25, -0.2) is 4.98 Å². The predicted molar refractivity (Wildman–Crippen MR) is 93.7 cm³/mol. The van der Waals surface area contributed by atoms with Gasteiger partial charge >= 0.3 is 5.00 Å². The molecule has 132 valence electrons. The molecule has 0 fully saturated rings. The zero-order valence-corrected chi connectivity index (χ0v) is 14.7. The molecule has 2 aromatic heterocycles. The SMILES string of the molecule is CC(=O)Nc1ccc(SCCCC(=O)Nc2ncc([N+](=O)[O-])s2)nn1. The summed E-state index contributed by atoms with van der Waals surface area (Å²) in [6, 6.07) is 3.39. The van der Waals surface area contributed by atoms with Gasteiger partial charge in [-0.15, -0.1) is 22.0 Å². The molecule has 10 nitrogen and oxygen atoms in total. The van der Waals surface area contributed by atoms with E-state index in [9.17, 15) is 19.7 Å². The molecule has 0 aromatic carbocycles. The lowest BCUT2D eigenvalue weighted by molar-refractivity contribution is -0.380. The number of amides is 2. The van der Waals surface area contributed by atoms with Crippen LogP contribution in [0.5, 0.6) is 0 Å². The van der Waals surface area contributed by atoms with Crippen molar-refractivity contribution in [2.24, 2.45) is 0 Å². The lowest BCUT2D eigenvalue weighted by Gasteiger charge is -2.03. The van der Waals surface area contributed by atoms with E-state index in [1.165, 1.54) is 18.7 Å². The molecule has 12 heteroatoms. The van der Waals surface area contributed by atoms with Gasteiger partial charge in [0.15, 0.2) is 10.9 Å². The molecule has 0 radical (unpaired) electrons. The standard InChI is InChI=1S/C13H14N6O4S2/c1-8(20)15-9-4-5-11(18-17-9)24-6-2-3-10(21)16-13-14-7-12(25-13)19(22)23/h4-5,7H,2-3,6H2,1H3,(H,14,16,21)(H,15,17,20). The maximum atomic E-state index is 11.8. The van der Waals surface area contributed by atoms with Crippen LogP contribution in [0.15, 0.2) is 23.4 Å². The van der Waals surface area contributed by atoms with Crippen molar-refractivity contribution >= 4 is 50.9 Å². The van der Waals surface area contributed by atoms with E-state index in [1.807, 2.05) is 0 Å². The Morgan fingerprint density at radius 3 is 2.72 bits per heavy atom. The second kappa shape index (κ2) is 9.03. The Hall–Kier alpha value is -2.60. The van der Waals surface area contributed by atoms with E-state index < -0.39 is 4.92 Å². The molecule has 0 atom stereocenters. The highest BCUT2D eigenvalue weighted by Crippen LogP contribution is 2.25. The number of hydrogen-bond donors (Lipinski definition) is 2. The normalized spacial score (nSPS) is 10.3. The molecule has 0 aliphatic rings. The smallest absolute Gasteiger partial charge is 0.309 e. The molecule has 25 heavy (non-hydrogen) atoms. The number of nitro groups is 1. The Labute approximate surface area is 150 Å². The van der Waals surface area contributed by atoms with Gasteiger partial charge in [-0.05, 0) is 29.9 Å². The van der Waals surface area contributed by atoms with Gasteiger partial charge in [0.05, 0.1) is 4.92 Å². The molecule has 0 spiro atoms. The molecule has 0 bridgehead atoms. The minimum absolute atomic E-state index is 0.118. The molecule has 0 aliphatic heterocycles. The van der Waals surface area contributed by atoms with Gasteiger partial charge in [0.1, 0.15) is 11.2 Å². The zero-order chi connectivity index (χ0) is 18.2. The molecular weight excluding hydrogens is 368 g/mol. The maximum Gasteiger partial charge on any atom is 0.345 e. The number of carbonyl (C=O) groups is 2. The van der Waals surface area contributed by atoms with Gasteiger partial charge in [0.25, 0.3) is 0 Å². The molecule has 2 heterocycles. The molecular formula is C13H14N6O4S2. The van der Waals surface area contributed by atoms with E-state index in [1.54, 1.807) is 12.1 Å². The maximum absolute atomic E-state index is 11.8. The molecule has 0 unspecified atom stereocenters. The average molecular weight is 382 g/mol. The summed E-state index contributed by atoms with van der Waals surface area (Å²) in [5.41, 5.74) is 0. The molecule has 2 aromatic rings. The number of nitrogens with one attached hydrogen (secondary N) is 2. The van der Waals surface area contributed by atoms with Gasteiger partial charge in [-0.1, -0.05) is 0 Å². The molecule has 0 saturated heterocycles. The van der Waals surface area contributed by atoms with Crippen molar-refractivity contribution in [1.29, 1.82) is 0 Å². The van der Waals surface area contributed by atoms with E-state index >= 15 is 0 Å². The number of aromatic nitrogens is 3. The number of hydrogen-bond acceptors (Lipinski definition) is 9. The second-order valence-corrected chi connectivity index (χ2v) is 6.82. The number of thioether (sulfide) groups is 1. The molecule has 2 N–H and O–H groups in total. The van der Waals surface area contributed by atoms with Crippen LogP contribution >= 0.6 is 23.1 Å². The van der Waals surface area contributed by atoms with Crippen LogP contribution in [0.3, 0.4) is 0 Å². The van der Waals surface area contributed by atoms with Crippen molar-refractivity contribution in [2.45, 2.75) is 24.8 Å². The summed E-state index contributed by atoms with van der Waals surface area (Å²) >= 11 is 2.25. The van der Waals surface area contributed by atoms with Crippen LogP contribution in [-0.2, 0) is 9.59 Å². The number of rotatable bonds is 8.